The van der Waals surface area contributed by atoms with E-state index < -0.39 is 6.04 Å². The monoisotopic (exact) mass is 279 g/mol. The van der Waals surface area contributed by atoms with Gasteiger partial charge in [-0.25, -0.2) is 0 Å². The van der Waals surface area contributed by atoms with Crippen molar-refractivity contribution in [1.82, 2.24) is 4.90 Å². The molecule has 1 atom stereocenters. The minimum absolute atomic E-state index is 0.0378. The highest BCUT2D eigenvalue weighted by atomic mass is 16.5. The number of ether oxygens (including phenoxy) is 1. The molecule has 1 aliphatic rings. The van der Waals surface area contributed by atoms with Crippen LogP contribution in [-0.4, -0.2) is 30.5 Å². The Morgan fingerprint density at radius 3 is 2.35 bits per heavy atom. The smallest absolute Gasteiger partial charge is 0.240 e. The molecule has 1 aliphatic heterocycles. The van der Waals surface area contributed by atoms with Crippen molar-refractivity contribution in [2.75, 3.05) is 13.7 Å². The minimum atomic E-state index is -0.393. The molecule has 1 saturated heterocycles. The SMILES string of the molecule is COc1ccc(CN2CC(C)(C)[C@H](N)C2=O)cc1.N=[NH2+]. The van der Waals surface area contributed by atoms with Crippen LogP contribution in [0.25, 0.3) is 0 Å². The molecular formula is C14H23N4O2+. The fraction of sp³-hybridized carbons (Fsp3) is 0.500. The van der Waals surface area contributed by atoms with Crippen LogP contribution in [0.2, 0.25) is 0 Å². The normalized spacial score (nSPS) is 20.3. The number of hydrogen-bond donors (Lipinski definition) is 3. The molecule has 1 aromatic carbocycles. The number of nitrogens with zero attached hydrogens (tertiary/aromatic N) is 1. The summed E-state index contributed by atoms with van der Waals surface area (Å²) in [5.74, 6) is 0.861. The average Bonchev–Trinajstić information content (AvgIpc) is 2.65. The highest BCUT2D eigenvalue weighted by Gasteiger charge is 2.43. The van der Waals surface area contributed by atoms with Gasteiger partial charge in [0.1, 0.15) is 5.75 Å². The third kappa shape index (κ3) is 3.33. The molecule has 0 unspecified atom stereocenters. The second-order valence-electron chi connectivity index (χ2n) is 5.51. The first-order valence-corrected chi connectivity index (χ1v) is 6.40. The summed E-state index contributed by atoms with van der Waals surface area (Å²) < 4.78 is 5.11. The van der Waals surface area contributed by atoms with E-state index in [1.807, 2.05) is 43.0 Å². The molecule has 0 saturated carbocycles. The first kappa shape index (κ1) is 16.1. The zero-order chi connectivity index (χ0) is 15.3. The van der Waals surface area contributed by atoms with E-state index in [0.29, 0.717) is 13.1 Å². The molecule has 0 aromatic heterocycles. The Balaban J connectivity index is 0.000000956. The van der Waals surface area contributed by atoms with Gasteiger partial charge in [0.05, 0.1) is 13.2 Å². The summed E-state index contributed by atoms with van der Waals surface area (Å²) in [5, 5.41) is 0. The second-order valence-corrected chi connectivity index (χ2v) is 5.51. The largest absolute Gasteiger partial charge is 0.497 e. The van der Waals surface area contributed by atoms with Gasteiger partial charge in [-0.05, 0) is 17.7 Å². The van der Waals surface area contributed by atoms with Gasteiger partial charge < -0.3 is 15.4 Å². The maximum absolute atomic E-state index is 12.0. The van der Waals surface area contributed by atoms with Crippen LogP contribution in [0.1, 0.15) is 19.4 Å². The molecule has 0 aliphatic carbocycles. The molecular weight excluding hydrogens is 256 g/mol. The summed E-state index contributed by atoms with van der Waals surface area (Å²) in [7, 11) is 1.64. The lowest BCUT2D eigenvalue weighted by Crippen LogP contribution is -2.39. The van der Waals surface area contributed by atoms with Crippen LogP contribution in [0, 0.1) is 10.9 Å². The van der Waals surface area contributed by atoms with E-state index in [2.05, 4.69) is 5.53 Å². The van der Waals surface area contributed by atoms with Gasteiger partial charge in [-0.1, -0.05) is 31.5 Å². The van der Waals surface area contributed by atoms with Crippen molar-refractivity contribution in [2.45, 2.75) is 26.4 Å². The van der Waals surface area contributed by atoms with Crippen LogP contribution in [0.15, 0.2) is 24.3 Å². The molecule has 2 rings (SSSR count). The molecule has 6 heteroatoms. The fourth-order valence-corrected chi connectivity index (χ4v) is 2.28. The highest BCUT2D eigenvalue weighted by molar-refractivity contribution is 5.85. The Labute approximate surface area is 119 Å². The number of carbonyl (C=O) groups excluding carboxylic acids is 1. The van der Waals surface area contributed by atoms with Gasteiger partial charge in [0, 0.05) is 18.5 Å². The van der Waals surface area contributed by atoms with E-state index in [-0.39, 0.29) is 11.3 Å². The predicted octanol–water partition coefficient (Wildman–Crippen LogP) is 0.167. The molecule has 1 amide bonds. The van der Waals surface area contributed by atoms with Crippen LogP contribution in [0.4, 0.5) is 0 Å². The van der Waals surface area contributed by atoms with E-state index in [0.717, 1.165) is 11.3 Å². The third-order valence-corrected chi connectivity index (χ3v) is 3.55. The Hall–Kier alpha value is -1.95. The Morgan fingerprint density at radius 1 is 1.40 bits per heavy atom. The predicted molar refractivity (Wildman–Crippen MR) is 74.8 cm³/mol. The molecule has 1 aromatic rings. The summed E-state index contributed by atoms with van der Waals surface area (Å²) in [6, 6.07) is 7.36. The van der Waals surface area contributed by atoms with Crippen molar-refractivity contribution in [3.8, 4) is 5.75 Å². The maximum Gasteiger partial charge on any atom is 0.240 e. The van der Waals surface area contributed by atoms with Gasteiger partial charge in [0.25, 0.3) is 0 Å². The van der Waals surface area contributed by atoms with Crippen LogP contribution < -0.4 is 16.0 Å². The number of methoxy groups -OCH3 is 1. The van der Waals surface area contributed by atoms with Crippen molar-refractivity contribution >= 4 is 5.91 Å². The Bertz CT molecular complexity index is 459. The second kappa shape index (κ2) is 6.47. The fourth-order valence-electron chi connectivity index (χ4n) is 2.28. The van der Waals surface area contributed by atoms with Gasteiger partial charge in [-0.3, -0.25) is 4.79 Å². The van der Waals surface area contributed by atoms with Gasteiger partial charge in [-0.2, -0.15) is 5.53 Å². The first-order valence-electron chi connectivity index (χ1n) is 6.40. The van der Waals surface area contributed by atoms with Crippen molar-refractivity contribution < 1.29 is 15.1 Å². The molecule has 20 heavy (non-hydrogen) atoms. The minimum Gasteiger partial charge on any atom is -0.497 e. The zero-order valence-corrected chi connectivity index (χ0v) is 12.2. The molecule has 1 heterocycles. The maximum atomic E-state index is 12.0. The summed E-state index contributed by atoms with van der Waals surface area (Å²) in [6.45, 7) is 5.38. The van der Waals surface area contributed by atoms with Crippen molar-refractivity contribution in [1.29, 1.82) is 5.53 Å². The number of amides is 1. The number of rotatable bonds is 3. The zero-order valence-electron chi connectivity index (χ0n) is 12.2. The molecule has 1 fully saturated rings. The Morgan fingerprint density at radius 2 is 1.95 bits per heavy atom. The van der Waals surface area contributed by atoms with Crippen LogP contribution >= 0.6 is 0 Å². The van der Waals surface area contributed by atoms with Gasteiger partial charge in [-0.15, -0.1) is 0 Å². The van der Waals surface area contributed by atoms with Gasteiger partial charge in [0.2, 0.25) is 5.91 Å². The number of nitrogens with two attached hydrogens (primary N) is 2. The number of benzene rings is 1. The lowest BCUT2D eigenvalue weighted by atomic mass is 9.88. The summed E-state index contributed by atoms with van der Waals surface area (Å²) in [5.41, 5.74) is 15.9. The lowest BCUT2D eigenvalue weighted by Gasteiger charge is -2.20. The third-order valence-electron chi connectivity index (χ3n) is 3.55. The van der Waals surface area contributed by atoms with E-state index in [9.17, 15) is 4.79 Å². The topological polar surface area (TPSA) is 105 Å². The van der Waals surface area contributed by atoms with Crippen LogP contribution in [0.5, 0.6) is 5.75 Å². The summed E-state index contributed by atoms with van der Waals surface area (Å²) in [4.78, 5) is 13.9. The highest BCUT2D eigenvalue weighted by Crippen LogP contribution is 2.30. The lowest BCUT2D eigenvalue weighted by molar-refractivity contribution is -0.249. The number of hydrogen-bond acceptors (Lipinski definition) is 4. The van der Waals surface area contributed by atoms with Crippen molar-refractivity contribution in [3.63, 3.8) is 0 Å². The Kier molecular flexibility index (Phi) is 5.21. The standard InChI is InChI=1S/C14H20N2O2.H2N2/c1-14(2)9-16(13(17)12(14)15)8-10-4-6-11(18-3)7-5-10;1-2/h4-7,12H,8-9,15H2,1-3H3;1-2H/p+1/t12-;/m1./s1. The van der Waals surface area contributed by atoms with Crippen molar-refractivity contribution in [2.24, 2.45) is 11.1 Å². The summed E-state index contributed by atoms with van der Waals surface area (Å²) >= 11 is 0. The van der Waals surface area contributed by atoms with E-state index in [1.165, 1.54) is 0 Å². The average molecular weight is 279 g/mol. The van der Waals surface area contributed by atoms with Crippen LogP contribution in [-0.2, 0) is 11.3 Å². The molecule has 0 spiro atoms. The molecule has 6 nitrogen and oxygen atoms in total. The van der Waals surface area contributed by atoms with E-state index in [1.54, 1.807) is 7.11 Å². The first-order chi connectivity index (χ1) is 9.44. The van der Waals surface area contributed by atoms with Crippen molar-refractivity contribution in [3.05, 3.63) is 29.8 Å². The molecule has 0 radical (unpaired) electrons. The van der Waals surface area contributed by atoms with E-state index >= 15 is 0 Å². The quantitative estimate of drug-likeness (QED) is 0.687. The number of likely N-dealkylation sites (tertiary alicyclic amines) is 1. The number of carbonyl (C=O) groups is 1. The summed E-state index contributed by atoms with van der Waals surface area (Å²) in [6.07, 6.45) is 0. The van der Waals surface area contributed by atoms with Gasteiger partial charge in [0.15, 0.2) is 0 Å². The number of nitrogens with one attached hydrogen (secondary N) is 1. The molecule has 5 N–H and O–H groups in total. The van der Waals surface area contributed by atoms with E-state index in [4.69, 9.17) is 16.0 Å². The van der Waals surface area contributed by atoms with Crippen LogP contribution in [0.3, 0.4) is 0 Å². The molecule has 110 valence electrons. The van der Waals surface area contributed by atoms with Gasteiger partial charge >= 0.3 is 0 Å². The molecule has 0 bridgehead atoms.